The maximum atomic E-state index is 13.3. The normalized spacial score (nSPS) is 10.1. The number of benzene rings is 1. The molecule has 1 aromatic rings. The van der Waals surface area contributed by atoms with Crippen molar-refractivity contribution in [2.75, 3.05) is 6.61 Å². The molecule has 14 heavy (non-hydrogen) atoms. The lowest BCUT2D eigenvalue weighted by atomic mass is 10.1. The molecule has 4 nitrogen and oxygen atoms in total. The molecular formula is C9H10FNO3. The van der Waals surface area contributed by atoms with Gasteiger partial charge in [0.25, 0.3) is 0 Å². The summed E-state index contributed by atoms with van der Waals surface area (Å²) < 4.78 is 13.3. The van der Waals surface area contributed by atoms with Gasteiger partial charge in [-0.15, -0.1) is 0 Å². The topological polar surface area (TPSA) is 63.4 Å². The predicted molar refractivity (Wildman–Crippen MR) is 48.5 cm³/mol. The highest BCUT2D eigenvalue weighted by Gasteiger charge is 2.16. The van der Waals surface area contributed by atoms with E-state index >= 15 is 0 Å². The third-order valence-electron chi connectivity index (χ3n) is 1.86. The Hall–Kier alpha value is -1.49. The van der Waals surface area contributed by atoms with E-state index in [-0.39, 0.29) is 12.2 Å². The summed E-state index contributed by atoms with van der Waals surface area (Å²) in [6, 6.07) is 4.05. The van der Waals surface area contributed by atoms with Gasteiger partial charge in [0.1, 0.15) is 0 Å². The van der Waals surface area contributed by atoms with Crippen molar-refractivity contribution in [1.29, 1.82) is 0 Å². The minimum Gasteiger partial charge on any atom is -0.396 e. The Labute approximate surface area is 80.1 Å². The minimum atomic E-state index is -0.800. The molecule has 0 amide bonds. The monoisotopic (exact) mass is 199 g/mol. The average Bonchev–Trinajstić information content (AvgIpc) is 2.16. The number of rotatable bonds is 4. The first-order chi connectivity index (χ1) is 6.66. The Morgan fingerprint density at radius 3 is 2.79 bits per heavy atom. The van der Waals surface area contributed by atoms with E-state index in [1.54, 1.807) is 0 Å². The van der Waals surface area contributed by atoms with Gasteiger partial charge in [0.2, 0.25) is 5.82 Å². The van der Waals surface area contributed by atoms with Crippen LogP contribution in [0.1, 0.15) is 12.0 Å². The molecule has 5 heteroatoms. The van der Waals surface area contributed by atoms with Gasteiger partial charge >= 0.3 is 5.69 Å². The second-order valence-corrected chi connectivity index (χ2v) is 2.83. The number of aliphatic hydroxyl groups excluding tert-OH is 1. The molecule has 0 aliphatic heterocycles. The fourth-order valence-corrected chi connectivity index (χ4v) is 1.17. The molecule has 0 spiro atoms. The molecule has 0 bridgehead atoms. The van der Waals surface area contributed by atoms with Crippen molar-refractivity contribution in [2.45, 2.75) is 12.8 Å². The first-order valence-corrected chi connectivity index (χ1v) is 4.19. The Morgan fingerprint density at radius 2 is 2.21 bits per heavy atom. The van der Waals surface area contributed by atoms with Crippen LogP contribution < -0.4 is 0 Å². The zero-order valence-corrected chi connectivity index (χ0v) is 7.44. The van der Waals surface area contributed by atoms with Crippen LogP contribution in [0.3, 0.4) is 0 Å². The van der Waals surface area contributed by atoms with Crippen LogP contribution in [-0.2, 0) is 6.42 Å². The summed E-state index contributed by atoms with van der Waals surface area (Å²) >= 11 is 0. The van der Waals surface area contributed by atoms with E-state index in [9.17, 15) is 14.5 Å². The number of hydrogen-bond acceptors (Lipinski definition) is 3. The molecular weight excluding hydrogens is 189 g/mol. The first-order valence-electron chi connectivity index (χ1n) is 4.19. The SMILES string of the molecule is O=[N+]([O-])c1cccc(CCCO)c1F. The molecule has 0 saturated heterocycles. The van der Waals surface area contributed by atoms with Crippen LogP contribution in [0.5, 0.6) is 0 Å². The number of halogens is 1. The molecule has 0 unspecified atom stereocenters. The highest BCUT2D eigenvalue weighted by atomic mass is 19.1. The number of nitro groups is 1. The molecule has 0 atom stereocenters. The van der Waals surface area contributed by atoms with E-state index in [1.807, 2.05) is 0 Å². The molecule has 0 heterocycles. The van der Waals surface area contributed by atoms with Crippen LogP contribution in [0.4, 0.5) is 10.1 Å². The summed E-state index contributed by atoms with van der Waals surface area (Å²) in [5.74, 6) is -0.800. The fraction of sp³-hybridized carbons (Fsp3) is 0.333. The summed E-state index contributed by atoms with van der Waals surface area (Å²) in [5.41, 5.74) is -0.242. The zero-order valence-electron chi connectivity index (χ0n) is 7.44. The summed E-state index contributed by atoms with van der Waals surface area (Å²) in [6.07, 6.45) is 0.710. The number of aryl methyl sites for hydroxylation is 1. The van der Waals surface area contributed by atoms with E-state index in [1.165, 1.54) is 12.1 Å². The van der Waals surface area contributed by atoms with E-state index < -0.39 is 16.4 Å². The molecule has 0 aromatic heterocycles. The van der Waals surface area contributed by atoms with Crippen molar-refractivity contribution >= 4 is 5.69 Å². The molecule has 1 N–H and O–H groups in total. The Morgan fingerprint density at radius 1 is 1.50 bits per heavy atom. The molecule has 1 rings (SSSR count). The number of nitro benzene ring substituents is 1. The quantitative estimate of drug-likeness (QED) is 0.592. The van der Waals surface area contributed by atoms with Crippen molar-refractivity contribution < 1.29 is 14.4 Å². The lowest BCUT2D eigenvalue weighted by Crippen LogP contribution is -1.98. The maximum Gasteiger partial charge on any atom is 0.305 e. The van der Waals surface area contributed by atoms with Crippen LogP contribution in [0.25, 0.3) is 0 Å². The second-order valence-electron chi connectivity index (χ2n) is 2.83. The van der Waals surface area contributed by atoms with Crippen LogP contribution >= 0.6 is 0 Å². The second kappa shape index (κ2) is 4.66. The number of nitrogens with zero attached hydrogens (tertiary/aromatic N) is 1. The number of hydrogen-bond donors (Lipinski definition) is 1. The Kier molecular flexibility index (Phi) is 3.53. The van der Waals surface area contributed by atoms with Crippen LogP contribution in [0, 0.1) is 15.9 Å². The van der Waals surface area contributed by atoms with Crippen molar-refractivity contribution in [2.24, 2.45) is 0 Å². The molecule has 0 saturated carbocycles. The zero-order chi connectivity index (χ0) is 10.6. The van der Waals surface area contributed by atoms with Crippen molar-refractivity contribution in [1.82, 2.24) is 0 Å². The van der Waals surface area contributed by atoms with Crippen LogP contribution in [0.15, 0.2) is 18.2 Å². The highest BCUT2D eigenvalue weighted by molar-refractivity contribution is 5.36. The highest BCUT2D eigenvalue weighted by Crippen LogP contribution is 2.20. The first kappa shape index (κ1) is 10.6. The summed E-state index contributed by atoms with van der Waals surface area (Å²) in [4.78, 5) is 9.61. The minimum absolute atomic E-state index is 0.0534. The van der Waals surface area contributed by atoms with Gasteiger partial charge in [-0.25, -0.2) is 0 Å². The smallest absolute Gasteiger partial charge is 0.305 e. The van der Waals surface area contributed by atoms with Gasteiger partial charge in [-0.2, -0.15) is 4.39 Å². The van der Waals surface area contributed by atoms with E-state index in [0.717, 1.165) is 6.07 Å². The van der Waals surface area contributed by atoms with Gasteiger partial charge in [0.05, 0.1) is 4.92 Å². The Bertz CT molecular complexity index is 341. The van der Waals surface area contributed by atoms with Crippen LogP contribution in [0.2, 0.25) is 0 Å². The van der Waals surface area contributed by atoms with Gasteiger partial charge < -0.3 is 5.11 Å². The van der Waals surface area contributed by atoms with E-state index in [2.05, 4.69) is 0 Å². The summed E-state index contributed by atoms with van der Waals surface area (Å²) in [7, 11) is 0. The average molecular weight is 199 g/mol. The standard InChI is InChI=1S/C9H10FNO3/c10-9-7(4-2-6-12)3-1-5-8(9)11(13)14/h1,3,5,12H,2,4,6H2. The van der Waals surface area contributed by atoms with Gasteiger partial charge in [-0.1, -0.05) is 12.1 Å². The Balaban J connectivity index is 2.95. The van der Waals surface area contributed by atoms with Crippen LogP contribution in [-0.4, -0.2) is 16.6 Å². The third kappa shape index (κ3) is 2.26. The van der Waals surface area contributed by atoms with Gasteiger partial charge in [-0.05, 0) is 18.4 Å². The largest absolute Gasteiger partial charge is 0.396 e. The van der Waals surface area contributed by atoms with E-state index in [4.69, 9.17) is 5.11 Å². The molecule has 76 valence electrons. The lowest BCUT2D eigenvalue weighted by Gasteiger charge is -2.01. The van der Waals surface area contributed by atoms with Crippen molar-refractivity contribution in [3.8, 4) is 0 Å². The van der Waals surface area contributed by atoms with Gasteiger partial charge in [0.15, 0.2) is 0 Å². The fourth-order valence-electron chi connectivity index (χ4n) is 1.17. The van der Waals surface area contributed by atoms with Gasteiger partial charge in [-0.3, -0.25) is 10.1 Å². The summed E-state index contributed by atoms with van der Waals surface area (Å²) in [5, 5.41) is 18.9. The maximum absolute atomic E-state index is 13.3. The van der Waals surface area contributed by atoms with E-state index in [0.29, 0.717) is 12.8 Å². The summed E-state index contributed by atoms with van der Waals surface area (Å²) in [6.45, 7) is -0.0534. The van der Waals surface area contributed by atoms with Crippen molar-refractivity contribution in [3.63, 3.8) is 0 Å². The third-order valence-corrected chi connectivity index (χ3v) is 1.86. The molecule has 0 aliphatic rings. The van der Waals surface area contributed by atoms with Crippen molar-refractivity contribution in [3.05, 3.63) is 39.7 Å². The molecule has 0 fully saturated rings. The predicted octanol–water partition coefficient (Wildman–Crippen LogP) is 1.66. The van der Waals surface area contributed by atoms with Gasteiger partial charge in [0, 0.05) is 12.7 Å². The number of aliphatic hydroxyl groups is 1. The molecule has 0 radical (unpaired) electrons. The lowest BCUT2D eigenvalue weighted by molar-refractivity contribution is -0.387. The molecule has 1 aromatic carbocycles. The molecule has 0 aliphatic carbocycles.